The van der Waals surface area contributed by atoms with E-state index < -0.39 is 128 Å². The van der Waals surface area contributed by atoms with Gasteiger partial charge in [-0.05, 0) is 166 Å². The minimum Gasteiger partial charge on any atom is -0.444 e. The number of carbonyl (C=O) groups is 1. The number of hydrogen-bond donors (Lipinski definition) is 11. The molecule has 6 heterocycles. The third kappa shape index (κ3) is 25.9. The lowest BCUT2D eigenvalue weighted by Gasteiger charge is -2.19. The van der Waals surface area contributed by atoms with Crippen LogP contribution in [0.3, 0.4) is 0 Å². The van der Waals surface area contributed by atoms with E-state index in [-0.39, 0.29) is 49.3 Å². The Labute approximate surface area is 669 Å². The van der Waals surface area contributed by atoms with Gasteiger partial charge in [-0.25, -0.2) is 4.79 Å². The molecule has 0 radical (unpaired) electrons. The highest BCUT2D eigenvalue weighted by Crippen LogP contribution is 2.32. The molecule has 0 bridgehead atoms. The van der Waals surface area contributed by atoms with Crippen molar-refractivity contribution in [3.05, 3.63) is 270 Å². The Morgan fingerprint density at radius 1 is 0.426 bits per heavy atom. The van der Waals surface area contributed by atoms with Crippen molar-refractivity contribution in [1.82, 2.24) is 0 Å². The summed E-state index contributed by atoms with van der Waals surface area (Å²) < 4.78 is 51.8. The molecule has 13 N–H and O–H groups in total. The number of ether oxygens (including phenoxy) is 1. The van der Waals surface area contributed by atoms with Crippen LogP contribution < -0.4 is 68.8 Å². The molecule has 0 spiro atoms. The zero-order valence-electron chi connectivity index (χ0n) is 60.5. The number of fused-ring (bicyclic) bond motifs is 6. The normalized spacial score (nSPS) is 17.2. The molecule has 1 amide bonds. The molecule has 8 aromatic rings. The number of halogens is 1. The van der Waals surface area contributed by atoms with E-state index in [0.29, 0.717) is 90.2 Å². The summed E-state index contributed by atoms with van der Waals surface area (Å²) in [6.07, 6.45) is -4.61. The molecule has 6 aliphatic heterocycles. The molecule has 0 saturated heterocycles. The average Bonchev–Trinajstić information content (AvgIpc) is 1.68. The number of hydrogen-bond acceptors (Lipinski definition) is 36. The maximum absolute atomic E-state index is 11.7. The zero-order valence-corrected chi connectivity index (χ0v) is 62.9. The molecule has 6 aliphatic rings. The highest BCUT2D eigenvalue weighted by Gasteiger charge is 2.43. The van der Waals surface area contributed by atoms with Gasteiger partial charge in [-0.3, -0.25) is 66.0 Å². The van der Waals surface area contributed by atoms with Crippen molar-refractivity contribution in [1.29, 1.82) is 0 Å². The van der Waals surface area contributed by atoms with E-state index in [1.54, 1.807) is 124 Å². The van der Waals surface area contributed by atoms with Crippen molar-refractivity contribution in [2.45, 2.75) is 63.0 Å². The van der Waals surface area contributed by atoms with Gasteiger partial charge in [0.1, 0.15) is 36.1 Å². The first-order valence-corrected chi connectivity index (χ1v) is 35.4. The summed E-state index contributed by atoms with van der Waals surface area (Å²) in [7, 11) is -6.88. The van der Waals surface area contributed by atoms with Crippen molar-refractivity contribution in [2.24, 2.45) is 5.73 Å². The number of anilines is 4. The Morgan fingerprint density at radius 3 is 1.12 bits per heavy atom. The Kier molecular flexibility index (Phi) is 32.8. The largest absolute Gasteiger partial charge is 0.492 e. The second-order valence-corrected chi connectivity index (χ2v) is 26.7. The van der Waals surface area contributed by atoms with Crippen LogP contribution in [-0.4, -0.2) is 153 Å². The number of nitrogens with zero attached hydrogens (tertiary/aromatic N) is 6. The van der Waals surface area contributed by atoms with Crippen LogP contribution in [0, 0.1) is 60.7 Å². The van der Waals surface area contributed by atoms with Gasteiger partial charge in [-0.1, -0.05) is 93.6 Å². The Morgan fingerprint density at radius 2 is 0.739 bits per heavy atom. The molecule has 41 nitrogen and oxygen atoms in total. The maximum atomic E-state index is 11.7. The number of nitrogens with one attached hydrogen (secondary N) is 3. The van der Waals surface area contributed by atoms with Gasteiger partial charge in [0.05, 0.1) is 11.0 Å². The number of carbonyl (C=O) groups excluding carboxylic acids is 1. The fourth-order valence-corrected chi connectivity index (χ4v) is 12.5. The molecule has 6 atom stereocenters. The number of nitro groups is 6. The van der Waals surface area contributed by atoms with Gasteiger partial charge in [-0.2, -0.15) is 0 Å². The van der Waals surface area contributed by atoms with Crippen molar-refractivity contribution < 1.29 is 116 Å². The van der Waals surface area contributed by atoms with Crippen LogP contribution >= 0.6 is 36.9 Å². The monoisotopic (exact) mass is 1650 g/mol. The van der Waals surface area contributed by atoms with Crippen LogP contribution in [-0.2, 0) is 41.3 Å². The first-order valence-electron chi connectivity index (χ1n) is 33.9. The first kappa shape index (κ1) is 89.8. The van der Waals surface area contributed by atoms with E-state index >= 15 is 0 Å². The van der Waals surface area contributed by atoms with E-state index in [1.807, 2.05) is 48.5 Å². The lowest BCUT2D eigenvalue weighted by Crippen LogP contribution is -2.30. The van der Waals surface area contributed by atoms with Crippen LogP contribution in [0.4, 0.5) is 33.2 Å². The van der Waals surface area contributed by atoms with E-state index in [2.05, 4.69) is 14.8 Å². The summed E-state index contributed by atoms with van der Waals surface area (Å²) in [4.78, 5) is 81.6. The van der Waals surface area contributed by atoms with Crippen molar-refractivity contribution in [3.8, 4) is 11.5 Å². The van der Waals surface area contributed by atoms with Crippen LogP contribution in [0.25, 0.3) is 0 Å². The van der Waals surface area contributed by atoms with E-state index in [9.17, 15) is 95.6 Å². The van der Waals surface area contributed by atoms with Gasteiger partial charge in [0.2, 0.25) is 32.7 Å². The molecule has 6 unspecified atom stereocenters. The number of non-ortho nitro benzene ring substituents is 1. The van der Waals surface area contributed by atoms with Gasteiger partial charge in [0.15, 0.2) is 36.0 Å². The fourth-order valence-electron chi connectivity index (χ4n) is 11.8. The lowest BCUT2D eigenvalue weighted by atomic mass is 9.79. The second-order valence-electron chi connectivity index (χ2n) is 25.7. The van der Waals surface area contributed by atoms with Crippen LogP contribution in [0.2, 0.25) is 0 Å². The van der Waals surface area contributed by atoms with Crippen molar-refractivity contribution in [3.63, 3.8) is 0 Å². The molecule has 0 saturated carbocycles. The number of para-hydroxylation sites is 2. The molecule has 0 fully saturated rings. The van der Waals surface area contributed by atoms with Crippen molar-refractivity contribution in [2.75, 3.05) is 59.8 Å². The van der Waals surface area contributed by atoms with Gasteiger partial charge in [0, 0.05) is 66.0 Å². The lowest BCUT2D eigenvalue weighted by molar-refractivity contribution is -0.490. The number of amides is 1. The maximum Gasteiger partial charge on any atom is 0.492 e. The first-order chi connectivity index (χ1) is 54.3. The molecule has 602 valence electrons. The summed E-state index contributed by atoms with van der Waals surface area (Å²) >= 11 is 1.79. The fraction of sp³-hybridized carbons (Fsp3) is 0.246. The number of nitro benzene ring substituents is 1. The van der Waals surface area contributed by atoms with Crippen molar-refractivity contribution >= 4 is 147 Å². The smallest absolute Gasteiger partial charge is 0.444 e. The van der Waals surface area contributed by atoms with Crippen LogP contribution in [0.1, 0.15) is 90.8 Å². The number of benzene rings is 8. The quantitative estimate of drug-likeness (QED) is 0.00640. The minimum atomic E-state index is -1.35. The van der Waals surface area contributed by atoms with Gasteiger partial charge >= 0.3 is 48.8 Å². The minimum absolute atomic E-state index is 0. The molecular formula is C65H70B6ClN11O30S2. The van der Waals surface area contributed by atoms with E-state index in [0.717, 1.165) is 35.7 Å². The van der Waals surface area contributed by atoms with Crippen LogP contribution in [0.15, 0.2) is 176 Å². The zero-order chi connectivity index (χ0) is 82.5. The highest BCUT2D eigenvalue weighted by molar-refractivity contribution is 7.96. The molecule has 8 aromatic carbocycles. The third-order valence-corrected chi connectivity index (χ3v) is 17.6. The molecule has 14 rings (SSSR count). The third-order valence-electron chi connectivity index (χ3n) is 16.7. The number of nitrogens with two attached hydrogens (primary N) is 2. The molecular weight excluding hydrogens is 1580 g/mol. The summed E-state index contributed by atoms with van der Waals surface area (Å²) in [5.41, 5.74) is 19.4. The Balaban J connectivity index is 0.000000174. The standard InChI is InChI=1S/C14H13BN2O6S.C14H15BN2O4S.C13H17BN2O6.C8H7BN2O6.C8H9BN2O4.C8H8BNO4.ClH/c18-15-13-8-10(6-7-12(13)14(21-15)9-17(19)20)16-24-23-22-11-4-2-1-3-5-11;16-9-14-12-7-6-10(8-13(12)15(18)19-14)17-22-21-20-11-4-2-1-3-5-11;1-13(2,3)21-12(17)15-8-4-5-9-10(6-8)14(18)22-11(9)7-16(19)20;12-9-7-3-5(11(15)16)1-2-6(7)8(17-9)4-10(13)14;10-5-1-2-6-7(3-5)9(12)15-8(6)4-11(13)14;11-9-7-4-2-1-3-6(7)8(14-9)5-10(12)13;/h1-8,14,16,18H,9H2;1-8,14,17-18H,9,16H2;4-6,11,18H,7H2,1-3H3,(H,15,17);1-3,8,12H,4H2;1-3,8,12H,4,10H2;1-4,8,11H,5H2;1H. The van der Waals surface area contributed by atoms with Gasteiger partial charge < -0.3 is 93.5 Å². The van der Waals surface area contributed by atoms with Gasteiger partial charge in [0.25, 0.3) is 5.69 Å². The van der Waals surface area contributed by atoms with Crippen LogP contribution in [0.5, 0.6) is 11.5 Å². The van der Waals surface area contributed by atoms with E-state index in [4.69, 9.17) is 62.6 Å². The molecule has 50 heteroatoms. The molecule has 0 aliphatic carbocycles. The summed E-state index contributed by atoms with van der Waals surface area (Å²) in [6.45, 7) is 3.60. The number of nitrogen functional groups attached to an aromatic ring is 1. The summed E-state index contributed by atoms with van der Waals surface area (Å²) in [6, 6.07) is 49.1. The topological polar surface area (TPSA) is 587 Å². The predicted octanol–water partition coefficient (Wildman–Crippen LogP) is 3.25. The van der Waals surface area contributed by atoms with E-state index in [1.165, 1.54) is 24.3 Å². The molecule has 115 heavy (non-hydrogen) atoms. The number of rotatable bonds is 23. The van der Waals surface area contributed by atoms with Gasteiger partial charge in [-0.15, -0.1) is 12.4 Å². The summed E-state index contributed by atoms with van der Waals surface area (Å²) in [5, 5.41) is 123. The Hall–Kier alpha value is -10.8. The highest BCUT2D eigenvalue weighted by atomic mass is 35.5. The SMILES string of the molecule is CC(C)(C)OC(=O)Nc1ccc2c(c1)B(O)OC2C[N+](=O)[O-].Cl.NCC1OB(O)c2cc(NSOOc3ccccc3)ccc21.Nc1ccc2c(c1)B(O)OC2C[N+](=O)[O-].O=[N+]([O-])CC1OB(O)c2cc(NSOOc3ccccc3)ccc21.O=[N+]([O-])CC1OB(O)c2cc([N+](=O)[O-])ccc21.O=[N+]([O-])CC1OB(O)c2ccccc21. The second kappa shape index (κ2) is 42.0. The predicted molar refractivity (Wildman–Crippen MR) is 423 cm³/mol. The molecule has 0 aromatic heterocycles. The Bertz CT molecular complexity index is 4720. The average molecular weight is 1650 g/mol. The summed E-state index contributed by atoms with van der Waals surface area (Å²) in [5.74, 6) is 1.17.